The Kier molecular flexibility index (Phi) is 5.18. The lowest BCUT2D eigenvalue weighted by Crippen LogP contribution is -2.47. The van der Waals surface area contributed by atoms with Gasteiger partial charge in [-0.3, -0.25) is 4.79 Å². The Morgan fingerprint density at radius 1 is 1.30 bits per heavy atom. The Hall–Kier alpha value is -1.35. The summed E-state index contributed by atoms with van der Waals surface area (Å²) in [7, 11) is 0. The van der Waals surface area contributed by atoms with Gasteiger partial charge in [0.2, 0.25) is 5.91 Å². The maximum absolute atomic E-state index is 12.6. The number of hydrogen-bond acceptors (Lipinski definition) is 2. The predicted octanol–water partition coefficient (Wildman–Crippen LogP) is 3.36. The summed E-state index contributed by atoms with van der Waals surface area (Å²) in [6, 6.07) is 8.25. The first-order valence-electron chi connectivity index (χ1n) is 7.81. The Bertz CT molecular complexity index is 433. The van der Waals surface area contributed by atoms with Crippen LogP contribution in [0.3, 0.4) is 0 Å². The third kappa shape index (κ3) is 3.40. The van der Waals surface area contributed by atoms with Gasteiger partial charge in [0, 0.05) is 12.2 Å². The molecule has 1 saturated heterocycles. The quantitative estimate of drug-likeness (QED) is 0.864. The van der Waals surface area contributed by atoms with Crippen molar-refractivity contribution in [3.63, 3.8) is 0 Å². The maximum Gasteiger partial charge on any atom is 0.231 e. The Labute approximate surface area is 122 Å². The molecule has 2 N–H and O–H groups in total. The van der Waals surface area contributed by atoms with Gasteiger partial charge in [-0.2, -0.15) is 0 Å². The van der Waals surface area contributed by atoms with Gasteiger partial charge in [-0.1, -0.05) is 32.4 Å². The van der Waals surface area contributed by atoms with Crippen molar-refractivity contribution in [3.8, 4) is 0 Å². The van der Waals surface area contributed by atoms with Crippen LogP contribution in [-0.4, -0.2) is 19.0 Å². The third-order valence-electron chi connectivity index (χ3n) is 4.38. The van der Waals surface area contributed by atoms with Crippen molar-refractivity contribution in [1.82, 2.24) is 5.32 Å². The largest absolute Gasteiger partial charge is 0.326 e. The fraction of sp³-hybridized carbons (Fsp3) is 0.588. The molecule has 1 heterocycles. The van der Waals surface area contributed by atoms with E-state index in [2.05, 4.69) is 36.6 Å². The van der Waals surface area contributed by atoms with Gasteiger partial charge in [-0.25, -0.2) is 0 Å². The highest BCUT2D eigenvalue weighted by Crippen LogP contribution is 2.31. The van der Waals surface area contributed by atoms with E-state index in [1.165, 1.54) is 5.56 Å². The summed E-state index contributed by atoms with van der Waals surface area (Å²) in [5.74, 6) is 0.162. The smallest absolute Gasteiger partial charge is 0.231 e. The van der Waals surface area contributed by atoms with Crippen LogP contribution in [0.4, 0.5) is 5.69 Å². The highest BCUT2D eigenvalue weighted by molar-refractivity contribution is 5.95. The molecule has 0 aromatic heterocycles. The number of nitrogens with one attached hydrogen (secondary N) is 2. The molecule has 1 unspecified atom stereocenters. The van der Waals surface area contributed by atoms with Crippen LogP contribution < -0.4 is 10.6 Å². The second-order valence-corrected chi connectivity index (χ2v) is 5.82. The molecule has 1 fully saturated rings. The fourth-order valence-electron chi connectivity index (χ4n) is 2.93. The van der Waals surface area contributed by atoms with Crippen molar-refractivity contribution in [2.24, 2.45) is 5.41 Å². The summed E-state index contributed by atoms with van der Waals surface area (Å²) >= 11 is 0. The molecular weight excluding hydrogens is 248 g/mol. The number of amides is 1. The SMILES string of the molecule is CCCc1ccc(NC(=O)C2(CC)CCCNC2)cc1. The maximum atomic E-state index is 12.6. The van der Waals surface area contributed by atoms with Crippen molar-refractivity contribution < 1.29 is 4.79 Å². The van der Waals surface area contributed by atoms with E-state index in [0.29, 0.717) is 0 Å². The van der Waals surface area contributed by atoms with Crippen LogP contribution in [-0.2, 0) is 11.2 Å². The monoisotopic (exact) mass is 274 g/mol. The van der Waals surface area contributed by atoms with Crippen LogP contribution in [0.1, 0.15) is 45.1 Å². The molecular formula is C17H26N2O. The number of carbonyl (C=O) groups excluding carboxylic acids is 1. The highest BCUT2D eigenvalue weighted by atomic mass is 16.2. The molecule has 2 rings (SSSR count). The molecule has 0 radical (unpaired) electrons. The zero-order valence-corrected chi connectivity index (χ0v) is 12.7. The summed E-state index contributed by atoms with van der Waals surface area (Å²) in [5, 5.41) is 6.45. The van der Waals surface area contributed by atoms with E-state index >= 15 is 0 Å². The molecule has 3 heteroatoms. The average Bonchev–Trinajstić information content (AvgIpc) is 2.50. The van der Waals surface area contributed by atoms with Crippen LogP contribution in [0.25, 0.3) is 0 Å². The van der Waals surface area contributed by atoms with Crippen molar-refractivity contribution in [1.29, 1.82) is 0 Å². The average molecular weight is 274 g/mol. The summed E-state index contributed by atoms with van der Waals surface area (Å²) in [6.45, 7) is 6.11. The summed E-state index contributed by atoms with van der Waals surface area (Å²) in [5.41, 5.74) is 2.00. The second-order valence-electron chi connectivity index (χ2n) is 5.82. The summed E-state index contributed by atoms with van der Waals surface area (Å²) in [6.07, 6.45) is 5.19. The van der Waals surface area contributed by atoms with Crippen molar-refractivity contribution in [2.45, 2.75) is 46.0 Å². The van der Waals surface area contributed by atoms with E-state index < -0.39 is 0 Å². The molecule has 1 aliphatic rings. The Morgan fingerprint density at radius 2 is 2.05 bits per heavy atom. The minimum absolute atomic E-state index is 0.162. The standard InChI is InChI=1S/C17H26N2O/c1-3-6-14-7-9-15(10-8-14)19-16(20)17(4-2)11-5-12-18-13-17/h7-10,18H,3-6,11-13H2,1-2H3,(H,19,20). The van der Waals surface area contributed by atoms with E-state index in [-0.39, 0.29) is 11.3 Å². The summed E-state index contributed by atoms with van der Waals surface area (Å²) < 4.78 is 0. The van der Waals surface area contributed by atoms with Crippen LogP contribution in [0.15, 0.2) is 24.3 Å². The molecule has 1 aromatic carbocycles. The van der Waals surface area contributed by atoms with Gasteiger partial charge < -0.3 is 10.6 Å². The van der Waals surface area contributed by atoms with Crippen LogP contribution in [0.2, 0.25) is 0 Å². The normalized spacial score (nSPS) is 22.5. The van der Waals surface area contributed by atoms with Gasteiger partial charge in [0.1, 0.15) is 0 Å². The number of benzene rings is 1. The van der Waals surface area contributed by atoms with E-state index in [1.54, 1.807) is 0 Å². The fourth-order valence-corrected chi connectivity index (χ4v) is 2.93. The van der Waals surface area contributed by atoms with Crippen LogP contribution in [0, 0.1) is 5.41 Å². The highest BCUT2D eigenvalue weighted by Gasteiger charge is 2.37. The van der Waals surface area contributed by atoms with Gasteiger partial charge in [-0.15, -0.1) is 0 Å². The van der Waals surface area contributed by atoms with Crippen molar-refractivity contribution in [2.75, 3.05) is 18.4 Å². The number of anilines is 1. The minimum atomic E-state index is -0.236. The first-order chi connectivity index (χ1) is 9.70. The molecule has 0 saturated carbocycles. The first-order valence-corrected chi connectivity index (χ1v) is 7.81. The third-order valence-corrected chi connectivity index (χ3v) is 4.38. The van der Waals surface area contributed by atoms with Crippen LogP contribution >= 0.6 is 0 Å². The molecule has 110 valence electrons. The van der Waals surface area contributed by atoms with Crippen molar-refractivity contribution >= 4 is 11.6 Å². The molecule has 0 bridgehead atoms. The number of carbonyl (C=O) groups is 1. The lowest BCUT2D eigenvalue weighted by atomic mass is 9.77. The van der Waals surface area contributed by atoms with Crippen LogP contribution in [0.5, 0.6) is 0 Å². The second kappa shape index (κ2) is 6.89. The van der Waals surface area contributed by atoms with Gasteiger partial charge in [0.15, 0.2) is 0 Å². The van der Waals surface area contributed by atoms with Gasteiger partial charge >= 0.3 is 0 Å². The molecule has 1 aromatic rings. The molecule has 0 aliphatic carbocycles. The van der Waals surface area contributed by atoms with E-state index in [1.807, 2.05) is 12.1 Å². The van der Waals surface area contributed by atoms with E-state index in [4.69, 9.17) is 0 Å². The molecule has 0 spiro atoms. The summed E-state index contributed by atoms with van der Waals surface area (Å²) in [4.78, 5) is 12.6. The number of rotatable bonds is 5. The molecule has 1 atom stereocenters. The van der Waals surface area contributed by atoms with Gasteiger partial charge in [0.25, 0.3) is 0 Å². The lowest BCUT2D eigenvalue weighted by Gasteiger charge is -2.35. The molecule has 1 aliphatic heterocycles. The Balaban J connectivity index is 2.02. The minimum Gasteiger partial charge on any atom is -0.326 e. The molecule has 20 heavy (non-hydrogen) atoms. The van der Waals surface area contributed by atoms with E-state index in [0.717, 1.165) is 50.9 Å². The lowest BCUT2D eigenvalue weighted by molar-refractivity contribution is -0.126. The molecule has 3 nitrogen and oxygen atoms in total. The zero-order valence-electron chi connectivity index (χ0n) is 12.7. The van der Waals surface area contributed by atoms with Crippen molar-refractivity contribution in [3.05, 3.63) is 29.8 Å². The predicted molar refractivity (Wildman–Crippen MR) is 83.9 cm³/mol. The zero-order chi connectivity index (χ0) is 14.4. The number of hydrogen-bond donors (Lipinski definition) is 2. The number of aryl methyl sites for hydroxylation is 1. The van der Waals surface area contributed by atoms with Gasteiger partial charge in [0.05, 0.1) is 5.41 Å². The van der Waals surface area contributed by atoms with E-state index in [9.17, 15) is 4.79 Å². The van der Waals surface area contributed by atoms with Gasteiger partial charge in [-0.05, 0) is 49.9 Å². The topological polar surface area (TPSA) is 41.1 Å². The number of piperidine rings is 1. The Morgan fingerprint density at radius 3 is 2.60 bits per heavy atom. The molecule has 1 amide bonds. The first kappa shape index (κ1) is 15.0.